The first-order chi connectivity index (χ1) is 9.31. The van der Waals surface area contributed by atoms with E-state index in [1.54, 1.807) is 0 Å². The number of rotatable bonds is 1. The fraction of sp³-hybridized carbons (Fsp3) is 0.556. The van der Waals surface area contributed by atoms with Gasteiger partial charge in [0.05, 0.1) is 12.0 Å². The largest absolute Gasteiger partial charge is 0.372 e. The van der Waals surface area contributed by atoms with Crippen LogP contribution in [-0.4, -0.2) is 14.7 Å². The molecule has 2 heteroatoms. The third kappa shape index (κ3) is 3.34. The van der Waals surface area contributed by atoms with E-state index in [1.807, 2.05) is 0 Å². The highest BCUT2D eigenvalue weighted by Crippen LogP contribution is 2.37. The molecule has 0 saturated carbocycles. The minimum absolute atomic E-state index is 0.161. The van der Waals surface area contributed by atoms with E-state index in [2.05, 4.69) is 75.7 Å². The molecule has 0 amide bonds. The van der Waals surface area contributed by atoms with Crippen molar-refractivity contribution in [3.05, 3.63) is 35.9 Å². The monoisotopic (exact) mass is 286 g/mol. The molecule has 2 atom stereocenters. The second kappa shape index (κ2) is 5.75. The average molecular weight is 286 g/mol. The van der Waals surface area contributed by atoms with Crippen molar-refractivity contribution in [3.8, 4) is 11.5 Å². The second-order valence-electron chi connectivity index (χ2n) is 7.24. The van der Waals surface area contributed by atoms with Gasteiger partial charge in [0.1, 0.15) is 8.07 Å². The van der Waals surface area contributed by atoms with Gasteiger partial charge in [0.15, 0.2) is 0 Å². The van der Waals surface area contributed by atoms with E-state index in [4.69, 9.17) is 4.74 Å². The number of hydrogen-bond acceptors (Lipinski definition) is 1. The molecular formula is C18H26OSi. The molecule has 1 nitrogen and oxygen atoms in total. The molecule has 0 bridgehead atoms. The first-order valence-electron chi connectivity index (χ1n) is 7.50. The molecule has 2 rings (SSSR count). The fourth-order valence-electron chi connectivity index (χ4n) is 2.17. The van der Waals surface area contributed by atoms with Crippen molar-refractivity contribution in [1.29, 1.82) is 0 Å². The molecule has 1 saturated heterocycles. The zero-order valence-electron chi connectivity index (χ0n) is 13.4. The summed E-state index contributed by atoms with van der Waals surface area (Å²) in [5.74, 6) is 3.92. The Morgan fingerprint density at radius 3 is 2.40 bits per heavy atom. The van der Waals surface area contributed by atoms with Crippen molar-refractivity contribution in [2.45, 2.75) is 51.4 Å². The average Bonchev–Trinajstić information content (AvgIpc) is 2.84. The first-order valence-corrected chi connectivity index (χ1v) is 10.5. The lowest BCUT2D eigenvalue weighted by atomic mass is 9.96. The lowest BCUT2D eigenvalue weighted by Gasteiger charge is -2.31. The minimum Gasteiger partial charge on any atom is -0.372 e. The summed E-state index contributed by atoms with van der Waals surface area (Å²) in [7, 11) is -1.52. The van der Waals surface area contributed by atoms with Gasteiger partial charge in [0.2, 0.25) is 0 Å². The minimum atomic E-state index is -1.52. The van der Waals surface area contributed by atoms with Gasteiger partial charge in [-0.05, 0) is 17.0 Å². The Hall–Kier alpha value is -1.04. The predicted octanol–water partition coefficient (Wildman–Crippen LogP) is 4.82. The van der Waals surface area contributed by atoms with E-state index >= 15 is 0 Å². The maximum Gasteiger partial charge on any atom is 0.137 e. The van der Waals surface area contributed by atoms with Crippen molar-refractivity contribution >= 4 is 8.07 Å². The van der Waals surface area contributed by atoms with E-state index in [-0.39, 0.29) is 6.10 Å². The molecule has 0 aromatic heterocycles. The van der Waals surface area contributed by atoms with Gasteiger partial charge in [0, 0.05) is 6.61 Å². The Balaban J connectivity index is 2.18. The smallest absolute Gasteiger partial charge is 0.137 e. The Bertz CT molecular complexity index is 502. The van der Waals surface area contributed by atoms with Gasteiger partial charge in [-0.1, -0.05) is 64.2 Å². The highest BCUT2D eigenvalue weighted by Gasteiger charge is 2.35. The van der Waals surface area contributed by atoms with Gasteiger partial charge in [-0.3, -0.25) is 0 Å². The zero-order valence-corrected chi connectivity index (χ0v) is 14.4. The summed E-state index contributed by atoms with van der Waals surface area (Å²) in [5.41, 5.74) is 4.91. The standard InChI is InChI=1S/C18H26OSi/c1-18(2,3)20(4,5)14-12-16-11-13-19-17(16)15-9-7-6-8-10-15/h6-10,16-17H,11,13H2,1-5H3/t16-,17+/m1/s1. The van der Waals surface area contributed by atoms with E-state index in [1.165, 1.54) is 5.56 Å². The highest BCUT2D eigenvalue weighted by atomic mass is 28.3. The lowest BCUT2D eigenvalue weighted by molar-refractivity contribution is 0.101. The summed E-state index contributed by atoms with van der Waals surface area (Å²) < 4.78 is 5.92. The third-order valence-corrected chi connectivity index (χ3v) is 9.18. The predicted molar refractivity (Wildman–Crippen MR) is 88.2 cm³/mol. The molecule has 0 spiro atoms. The Labute approximate surface area is 124 Å². The number of ether oxygens (including phenoxy) is 1. The lowest BCUT2D eigenvalue weighted by Crippen LogP contribution is -2.35. The van der Waals surface area contributed by atoms with Crippen molar-refractivity contribution in [2.24, 2.45) is 5.92 Å². The van der Waals surface area contributed by atoms with Crippen molar-refractivity contribution < 1.29 is 4.74 Å². The molecule has 0 unspecified atom stereocenters. The van der Waals surface area contributed by atoms with Crippen LogP contribution in [0.25, 0.3) is 0 Å². The fourth-order valence-corrected chi connectivity index (χ4v) is 3.09. The first kappa shape index (κ1) is 15.3. The number of benzene rings is 1. The molecule has 1 aromatic carbocycles. The van der Waals surface area contributed by atoms with E-state index in [0.29, 0.717) is 11.0 Å². The molecule has 0 aliphatic carbocycles. The summed E-state index contributed by atoms with van der Waals surface area (Å²) in [6.45, 7) is 12.5. The van der Waals surface area contributed by atoms with Crippen molar-refractivity contribution in [3.63, 3.8) is 0 Å². The van der Waals surface area contributed by atoms with Crippen LogP contribution in [0.15, 0.2) is 30.3 Å². The van der Waals surface area contributed by atoms with Crippen LogP contribution < -0.4 is 0 Å². The van der Waals surface area contributed by atoms with Crippen LogP contribution in [0.2, 0.25) is 18.1 Å². The van der Waals surface area contributed by atoms with Crippen LogP contribution in [0.5, 0.6) is 0 Å². The molecular weight excluding hydrogens is 260 g/mol. The van der Waals surface area contributed by atoms with Gasteiger partial charge in [-0.2, -0.15) is 0 Å². The maximum atomic E-state index is 5.92. The normalized spacial score (nSPS) is 23.2. The van der Waals surface area contributed by atoms with Crippen LogP contribution >= 0.6 is 0 Å². The molecule has 1 aliphatic rings. The van der Waals surface area contributed by atoms with Gasteiger partial charge in [-0.25, -0.2) is 0 Å². The van der Waals surface area contributed by atoms with E-state index in [9.17, 15) is 0 Å². The second-order valence-corrected chi connectivity index (χ2v) is 12.2. The van der Waals surface area contributed by atoms with Crippen LogP contribution in [0.4, 0.5) is 0 Å². The third-order valence-electron chi connectivity index (χ3n) is 4.66. The maximum absolute atomic E-state index is 5.92. The Morgan fingerprint density at radius 1 is 1.15 bits per heavy atom. The van der Waals surface area contributed by atoms with Crippen molar-refractivity contribution in [1.82, 2.24) is 0 Å². The molecule has 1 aliphatic heterocycles. The van der Waals surface area contributed by atoms with Gasteiger partial charge in [-0.15, -0.1) is 11.5 Å². The summed E-state index contributed by atoms with van der Waals surface area (Å²) in [4.78, 5) is 0. The zero-order chi connectivity index (χ0) is 14.8. The summed E-state index contributed by atoms with van der Waals surface area (Å²) in [6, 6.07) is 10.5. The Kier molecular flexibility index (Phi) is 4.42. The van der Waals surface area contributed by atoms with Gasteiger partial charge in [0.25, 0.3) is 0 Å². The number of hydrogen-bond donors (Lipinski definition) is 0. The highest BCUT2D eigenvalue weighted by molar-refractivity contribution is 6.87. The summed E-state index contributed by atoms with van der Waals surface area (Å²) >= 11 is 0. The molecule has 1 fully saturated rings. The van der Waals surface area contributed by atoms with Crippen molar-refractivity contribution in [2.75, 3.05) is 6.61 Å². The topological polar surface area (TPSA) is 9.23 Å². The molecule has 20 heavy (non-hydrogen) atoms. The molecule has 0 N–H and O–H groups in total. The van der Waals surface area contributed by atoms with Crippen LogP contribution in [-0.2, 0) is 4.74 Å². The molecule has 108 valence electrons. The van der Waals surface area contributed by atoms with E-state index in [0.717, 1.165) is 13.0 Å². The molecule has 0 radical (unpaired) electrons. The van der Waals surface area contributed by atoms with Crippen LogP contribution in [0.1, 0.15) is 38.9 Å². The van der Waals surface area contributed by atoms with Crippen LogP contribution in [0, 0.1) is 17.4 Å². The molecule has 1 heterocycles. The Morgan fingerprint density at radius 2 is 1.80 bits per heavy atom. The SMILES string of the molecule is CC(C)(C)[Si](C)(C)C#C[C@H]1CCO[C@H]1c1ccccc1. The quantitative estimate of drug-likeness (QED) is 0.531. The summed E-state index contributed by atoms with van der Waals surface area (Å²) in [6.07, 6.45) is 1.22. The van der Waals surface area contributed by atoms with Gasteiger partial charge < -0.3 is 4.74 Å². The molecule has 1 aromatic rings. The van der Waals surface area contributed by atoms with Gasteiger partial charge >= 0.3 is 0 Å². The summed E-state index contributed by atoms with van der Waals surface area (Å²) in [5, 5.41) is 0.321. The van der Waals surface area contributed by atoms with Crippen LogP contribution in [0.3, 0.4) is 0 Å². The van der Waals surface area contributed by atoms with E-state index < -0.39 is 8.07 Å².